The first-order valence-electron chi connectivity index (χ1n) is 5.64. The first-order valence-corrected chi connectivity index (χ1v) is 5.64. The molecular weight excluding hydrogens is 198 g/mol. The van der Waals surface area contributed by atoms with Crippen LogP contribution in [0.1, 0.15) is 25.8 Å². The number of Topliss-reactive ketones (excluding diaryl/α,β-unsaturated/α-hetero) is 1. The van der Waals surface area contributed by atoms with Gasteiger partial charge in [0.05, 0.1) is 5.71 Å². The summed E-state index contributed by atoms with van der Waals surface area (Å²) in [4.78, 5) is 11.8. The third kappa shape index (κ3) is 3.30. The van der Waals surface area contributed by atoms with Crippen LogP contribution < -0.4 is 0 Å². The van der Waals surface area contributed by atoms with Crippen LogP contribution in [-0.4, -0.2) is 11.5 Å². The molecule has 0 spiro atoms. The molecule has 0 saturated heterocycles. The van der Waals surface area contributed by atoms with Crippen molar-refractivity contribution < 1.29 is 4.79 Å². The summed E-state index contributed by atoms with van der Waals surface area (Å²) >= 11 is 0. The van der Waals surface area contributed by atoms with Gasteiger partial charge in [-0.2, -0.15) is 0 Å². The van der Waals surface area contributed by atoms with E-state index in [0.29, 0.717) is 6.42 Å². The zero-order chi connectivity index (χ0) is 12.0. The Hall–Kier alpha value is -1.44. The van der Waals surface area contributed by atoms with Gasteiger partial charge < -0.3 is 5.41 Å². The Labute approximate surface area is 97.2 Å². The van der Waals surface area contributed by atoms with E-state index in [1.807, 2.05) is 50.6 Å². The number of nitrogens with one attached hydrogen (secondary N) is 1. The molecule has 0 aliphatic heterocycles. The van der Waals surface area contributed by atoms with E-state index in [4.69, 9.17) is 5.41 Å². The minimum atomic E-state index is -0.0730. The van der Waals surface area contributed by atoms with Crippen molar-refractivity contribution >= 4 is 11.5 Å². The lowest BCUT2D eigenvalue weighted by atomic mass is 9.92. The normalized spacial score (nSPS) is 10.4. The minimum Gasteiger partial charge on any atom is -0.301 e. The van der Waals surface area contributed by atoms with Gasteiger partial charge >= 0.3 is 0 Å². The number of benzene rings is 1. The van der Waals surface area contributed by atoms with Gasteiger partial charge in [0.2, 0.25) is 0 Å². The number of rotatable bonds is 6. The molecule has 2 nitrogen and oxygen atoms in total. The predicted molar refractivity (Wildman–Crippen MR) is 66.6 cm³/mol. The van der Waals surface area contributed by atoms with Crippen LogP contribution in [0.3, 0.4) is 0 Å². The maximum atomic E-state index is 11.8. The van der Waals surface area contributed by atoms with Crippen molar-refractivity contribution in [2.45, 2.75) is 26.7 Å². The number of carbonyl (C=O) groups is 1. The topological polar surface area (TPSA) is 40.9 Å². The molecule has 1 atom stereocenters. The van der Waals surface area contributed by atoms with Crippen molar-refractivity contribution in [3.63, 3.8) is 0 Å². The van der Waals surface area contributed by atoms with Gasteiger partial charge in [-0.05, 0) is 18.4 Å². The van der Waals surface area contributed by atoms with Gasteiger partial charge in [-0.1, -0.05) is 44.2 Å². The summed E-state index contributed by atoms with van der Waals surface area (Å²) in [6.07, 6.45) is 3.07. The molecule has 1 rings (SSSR count). The zero-order valence-corrected chi connectivity index (χ0v) is 9.86. The lowest BCUT2D eigenvalue weighted by Crippen LogP contribution is -2.24. The molecule has 16 heavy (non-hydrogen) atoms. The summed E-state index contributed by atoms with van der Waals surface area (Å²) in [6, 6.07) is 9.59. The molecule has 0 aliphatic rings. The molecule has 1 aromatic rings. The Morgan fingerprint density at radius 1 is 1.38 bits per heavy atom. The zero-order valence-electron chi connectivity index (χ0n) is 9.86. The van der Waals surface area contributed by atoms with Crippen molar-refractivity contribution in [1.29, 1.82) is 5.41 Å². The second-order valence-electron chi connectivity index (χ2n) is 3.85. The van der Waals surface area contributed by atoms with E-state index in [2.05, 4.69) is 0 Å². The van der Waals surface area contributed by atoms with Gasteiger partial charge in [0.15, 0.2) is 5.78 Å². The van der Waals surface area contributed by atoms with E-state index in [9.17, 15) is 4.79 Å². The quantitative estimate of drug-likeness (QED) is 0.729. The Balaban J connectivity index is 2.62. The fraction of sp³-hybridized carbons (Fsp3) is 0.357. The Morgan fingerprint density at radius 2 is 2.00 bits per heavy atom. The molecule has 0 bridgehead atoms. The second-order valence-corrected chi connectivity index (χ2v) is 3.85. The van der Waals surface area contributed by atoms with E-state index >= 15 is 0 Å². The molecule has 1 radical (unpaired) electrons. The highest BCUT2D eigenvalue weighted by atomic mass is 16.1. The Bertz CT molecular complexity index is 352. The van der Waals surface area contributed by atoms with Gasteiger partial charge in [-0.25, -0.2) is 0 Å². The van der Waals surface area contributed by atoms with E-state index in [0.717, 1.165) is 12.0 Å². The number of hydrogen-bond donors (Lipinski definition) is 1. The highest BCUT2D eigenvalue weighted by Gasteiger charge is 2.18. The summed E-state index contributed by atoms with van der Waals surface area (Å²) in [7, 11) is 0. The van der Waals surface area contributed by atoms with Crippen molar-refractivity contribution in [3.05, 3.63) is 42.3 Å². The van der Waals surface area contributed by atoms with E-state index < -0.39 is 0 Å². The molecule has 1 N–H and O–H groups in total. The summed E-state index contributed by atoms with van der Waals surface area (Å²) in [5.41, 5.74) is 1.21. The largest absolute Gasteiger partial charge is 0.301 e. The van der Waals surface area contributed by atoms with E-state index in [-0.39, 0.29) is 17.4 Å². The average molecular weight is 216 g/mol. The summed E-state index contributed by atoms with van der Waals surface area (Å²) in [5, 5.41) is 7.82. The summed E-state index contributed by atoms with van der Waals surface area (Å²) in [5.74, 6) is -0.0765. The third-order valence-electron chi connectivity index (χ3n) is 2.72. The van der Waals surface area contributed by atoms with Gasteiger partial charge in [0.1, 0.15) is 0 Å². The molecule has 0 aliphatic carbocycles. The third-order valence-corrected chi connectivity index (χ3v) is 2.72. The standard InChI is InChI=1S/C14H18NO/c1-3-12(4-2)14(15)13(16)10-11-8-6-5-7-9-11/h3,5-9,12,15H,4,10H2,1-2H3/t12-/m0/s1. The summed E-state index contributed by atoms with van der Waals surface area (Å²) < 4.78 is 0. The van der Waals surface area contributed by atoms with Gasteiger partial charge in [0, 0.05) is 12.3 Å². The van der Waals surface area contributed by atoms with Crippen LogP contribution in [0.5, 0.6) is 0 Å². The van der Waals surface area contributed by atoms with Crippen molar-refractivity contribution in [1.82, 2.24) is 0 Å². The molecule has 0 heterocycles. The van der Waals surface area contributed by atoms with Gasteiger partial charge in [0.25, 0.3) is 0 Å². The minimum absolute atomic E-state index is 0.00351. The molecule has 2 heteroatoms. The number of hydrogen-bond acceptors (Lipinski definition) is 2. The van der Waals surface area contributed by atoms with Crippen molar-refractivity contribution in [2.24, 2.45) is 5.92 Å². The Kier molecular flexibility index (Phi) is 4.90. The van der Waals surface area contributed by atoms with E-state index in [1.165, 1.54) is 0 Å². The molecule has 0 amide bonds. The molecule has 0 aromatic heterocycles. The van der Waals surface area contributed by atoms with Crippen molar-refractivity contribution in [2.75, 3.05) is 0 Å². The number of ketones is 1. The lowest BCUT2D eigenvalue weighted by Gasteiger charge is -2.12. The van der Waals surface area contributed by atoms with Gasteiger partial charge in [-0.3, -0.25) is 4.79 Å². The summed E-state index contributed by atoms with van der Waals surface area (Å²) in [6.45, 7) is 3.90. The Morgan fingerprint density at radius 3 is 2.50 bits per heavy atom. The fourth-order valence-corrected chi connectivity index (χ4v) is 1.69. The first kappa shape index (κ1) is 12.6. The van der Waals surface area contributed by atoms with Crippen LogP contribution in [0, 0.1) is 17.7 Å². The molecule has 0 fully saturated rings. The van der Waals surface area contributed by atoms with Gasteiger partial charge in [-0.15, -0.1) is 0 Å². The fourth-order valence-electron chi connectivity index (χ4n) is 1.69. The molecule has 1 aromatic carbocycles. The van der Waals surface area contributed by atoms with Crippen LogP contribution in [-0.2, 0) is 11.2 Å². The first-order chi connectivity index (χ1) is 7.69. The highest BCUT2D eigenvalue weighted by molar-refractivity contribution is 6.40. The van der Waals surface area contributed by atoms with Crippen LogP contribution >= 0.6 is 0 Å². The maximum absolute atomic E-state index is 11.8. The van der Waals surface area contributed by atoms with Crippen LogP contribution in [0.15, 0.2) is 30.3 Å². The molecular formula is C14H18NO. The molecule has 85 valence electrons. The second kappa shape index (κ2) is 6.21. The molecule has 0 saturated carbocycles. The highest BCUT2D eigenvalue weighted by Crippen LogP contribution is 2.11. The monoisotopic (exact) mass is 216 g/mol. The van der Waals surface area contributed by atoms with Crippen molar-refractivity contribution in [3.8, 4) is 0 Å². The predicted octanol–water partition coefficient (Wildman–Crippen LogP) is 3.07. The van der Waals surface area contributed by atoms with Crippen LogP contribution in [0.4, 0.5) is 0 Å². The van der Waals surface area contributed by atoms with Crippen LogP contribution in [0.2, 0.25) is 0 Å². The SMILES string of the molecule is C[CH][C@@H](CC)C(=N)C(=O)Cc1ccccc1. The molecule has 0 unspecified atom stereocenters. The smallest absolute Gasteiger partial charge is 0.180 e. The maximum Gasteiger partial charge on any atom is 0.180 e. The van der Waals surface area contributed by atoms with E-state index in [1.54, 1.807) is 0 Å². The average Bonchev–Trinajstić information content (AvgIpc) is 2.31. The lowest BCUT2D eigenvalue weighted by molar-refractivity contribution is -0.112. The van der Waals surface area contributed by atoms with Crippen LogP contribution in [0.25, 0.3) is 0 Å². The number of carbonyl (C=O) groups excluding carboxylic acids is 1.